The third-order valence-corrected chi connectivity index (χ3v) is 8.55. The number of aliphatic hydroxyl groups is 2. The number of nitrogens with one attached hydrogen (secondary N) is 2. The maximum atomic E-state index is 10.4. The summed E-state index contributed by atoms with van der Waals surface area (Å²) in [4.78, 5) is 0. The summed E-state index contributed by atoms with van der Waals surface area (Å²) in [6.45, 7) is 15.4. The van der Waals surface area contributed by atoms with E-state index in [0.29, 0.717) is 117 Å². The Bertz CT molecular complexity index is 1060. The summed E-state index contributed by atoms with van der Waals surface area (Å²) in [5.41, 5.74) is 12.9. The second-order valence-corrected chi connectivity index (χ2v) is 13.7. The molecule has 2 aromatic rings. The maximum Gasteiger partial charge on any atom is 0.119 e. The van der Waals surface area contributed by atoms with E-state index in [-0.39, 0.29) is 18.6 Å². The van der Waals surface area contributed by atoms with E-state index in [1.54, 1.807) is 0 Å². The molecular weight excluding hydrogens is 708 g/mol. The number of hydrogen-bond acceptors (Lipinski definition) is 14. The third-order valence-electron chi connectivity index (χ3n) is 8.55. The highest BCUT2D eigenvalue weighted by atomic mass is 16.5. The molecule has 0 amide bonds. The molecule has 316 valence electrons. The van der Waals surface area contributed by atoms with Gasteiger partial charge in [-0.3, -0.25) is 0 Å². The van der Waals surface area contributed by atoms with Crippen LogP contribution >= 0.6 is 0 Å². The van der Waals surface area contributed by atoms with Crippen molar-refractivity contribution in [3.05, 3.63) is 59.7 Å². The Morgan fingerprint density at radius 1 is 0.491 bits per heavy atom. The third kappa shape index (κ3) is 24.7. The first kappa shape index (κ1) is 48.7. The molecule has 0 aliphatic rings. The first-order chi connectivity index (χ1) is 26.9. The Kier molecular flexibility index (Phi) is 28.9. The molecule has 0 bridgehead atoms. The van der Waals surface area contributed by atoms with Gasteiger partial charge in [0, 0.05) is 44.9 Å². The van der Waals surface area contributed by atoms with Gasteiger partial charge in [0.2, 0.25) is 0 Å². The van der Waals surface area contributed by atoms with Gasteiger partial charge in [-0.05, 0) is 87.3 Å². The Balaban J connectivity index is 1.52. The van der Waals surface area contributed by atoms with Crippen LogP contribution in [0.15, 0.2) is 48.5 Å². The molecule has 0 radical (unpaired) electrons. The number of rotatable bonds is 38. The van der Waals surface area contributed by atoms with Crippen molar-refractivity contribution in [3.8, 4) is 11.5 Å². The fourth-order valence-corrected chi connectivity index (χ4v) is 5.20. The van der Waals surface area contributed by atoms with Crippen LogP contribution in [-0.4, -0.2) is 154 Å². The molecule has 2 aromatic carbocycles. The average Bonchev–Trinajstić information content (AvgIpc) is 3.19. The van der Waals surface area contributed by atoms with Crippen molar-refractivity contribution in [2.75, 3.05) is 132 Å². The first-order valence-corrected chi connectivity index (χ1v) is 20.0. The summed E-state index contributed by atoms with van der Waals surface area (Å²) in [5, 5.41) is 27.2. The van der Waals surface area contributed by atoms with E-state index in [1.165, 1.54) is 0 Å². The van der Waals surface area contributed by atoms with Crippen molar-refractivity contribution in [2.45, 2.75) is 57.2 Å². The molecule has 0 heterocycles. The van der Waals surface area contributed by atoms with Gasteiger partial charge in [0.05, 0.1) is 52.9 Å². The van der Waals surface area contributed by atoms with Gasteiger partial charge in [0.1, 0.15) is 36.9 Å². The normalized spacial score (nSPS) is 12.9. The molecule has 0 aromatic heterocycles. The Morgan fingerprint density at radius 3 is 1.13 bits per heavy atom. The molecule has 55 heavy (non-hydrogen) atoms. The molecule has 2 rings (SSSR count). The van der Waals surface area contributed by atoms with Gasteiger partial charge in [0.15, 0.2) is 0 Å². The zero-order valence-electron chi connectivity index (χ0n) is 33.6. The van der Waals surface area contributed by atoms with E-state index in [2.05, 4.69) is 48.7 Å². The van der Waals surface area contributed by atoms with Crippen molar-refractivity contribution >= 4 is 0 Å². The monoisotopic (exact) mass is 781 g/mol. The molecule has 8 N–H and O–H groups in total. The van der Waals surface area contributed by atoms with E-state index >= 15 is 0 Å². The van der Waals surface area contributed by atoms with E-state index in [9.17, 15) is 10.2 Å². The zero-order valence-corrected chi connectivity index (χ0v) is 33.6. The van der Waals surface area contributed by atoms with Gasteiger partial charge < -0.3 is 70.2 Å². The molecule has 14 heteroatoms. The number of nitrogens with two attached hydrogens (primary N) is 2. The van der Waals surface area contributed by atoms with Crippen LogP contribution in [0, 0.1) is 0 Å². The summed E-state index contributed by atoms with van der Waals surface area (Å²) in [6.07, 6.45) is 2.16. The van der Waals surface area contributed by atoms with Gasteiger partial charge in [-0.2, -0.15) is 0 Å². The molecule has 0 aliphatic carbocycles. The molecule has 0 fully saturated rings. The van der Waals surface area contributed by atoms with Crippen molar-refractivity contribution in [2.24, 2.45) is 11.5 Å². The van der Waals surface area contributed by atoms with Crippen LogP contribution in [0.2, 0.25) is 0 Å². The number of ether oxygens (including phenoxy) is 8. The van der Waals surface area contributed by atoms with Crippen LogP contribution in [0.25, 0.3) is 0 Å². The van der Waals surface area contributed by atoms with Gasteiger partial charge in [-0.15, -0.1) is 0 Å². The van der Waals surface area contributed by atoms with E-state index in [0.717, 1.165) is 49.9 Å². The zero-order chi connectivity index (χ0) is 39.7. The van der Waals surface area contributed by atoms with Crippen LogP contribution < -0.4 is 31.6 Å². The van der Waals surface area contributed by atoms with Gasteiger partial charge >= 0.3 is 0 Å². The van der Waals surface area contributed by atoms with Gasteiger partial charge in [0.25, 0.3) is 0 Å². The number of hydrogen-bond donors (Lipinski definition) is 6. The van der Waals surface area contributed by atoms with E-state index in [1.807, 2.05) is 24.3 Å². The number of benzene rings is 2. The second kappa shape index (κ2) is 32.6. The molecule has 14 nitrogen and oxygen atoms in total. The molecule has 2 atom stereocenters. The topological polar surface area (TPSA) is 190 Å². The summed E-state index contributed by atoms with van der Waals surface area (Å²) >= 11 is 0. The maximum absolute atomic E-state index is 10.4. The molecule has 0 saturated carbocycles. The van der Waals surface area contributed by atoms with Gasteiger partial charge in [-0.25, -0.2) is 0 Å². The highest BCUT2D eigenvalue weighted by molar-refractivity contribution is 5.41. The first-order valence-electron chi connectivity index (χ1n) is 20.0. The summed E-state index contributed by atoms with van der Waals surface area (Å²) in [7, 11) is 0. The lowest BCUT2D eigenvalue weighted by atomic mass is 9.78. The molecule has 0 saturated heterocycles. The molecular formula is C41H72N4O10. The van der Waals surface area contributed by atoms with E-state index in [4.69, 9.17) is 49.4 Å². The SMILES string of the molecule is CC(C)(c1ccc(OCC(O)CNCCCOCCOCCOCCCN)cc1)c1ccc(OCC(O)CNCCCOCCOCCOCCCN)cc1. The van der Waals surface area contributed by atoms with Gasteiger partial charge in [-0.1, -0.05) is 38.1 Å². The fraction of sp³-hybridized carbons (Fsp3) is 0.707. The summed E-state index contributed by atoms with van der Waals surface area (Å²) in [6, 6.07) is 16.0. The lowest BCUT2D eigenvalue weighted by Gasteiger charge is -2.26. The minimum atomic E-state index is -0.624. The summed E-state index contributed by atoms with van der Waals surface area (Å²) in [5.74, 6) is 1.42. The van der Waals surface area contributed by atoms with E-state index < -0.39 is 12.2 Å². The molecule has 0 spiro atoms. The average molecular weight is 781 g/mol. The van der Waals surface area contributed by atoms with Crippen LogP contribution in [0.1, 0.15) is 50.7 Å². The molecule has 2 unspecified atom stereocenters. The fourth-order valence-electron chi connectivity index (χ4n) is 5.20. The molecule has 0 aliphatic heterocycles. The largest absolute Gasteiger partial charge is 0.491 e. The highest BCUT2D eigenvalue weighted by Crippen LogP contribution is 2.33. The Hall–Kier alpha value is -2.44. The van der Waals surface area contributed by atoms with Crippen molar-refractivity contribution in [1.29, 1.82) is 0 Å². The van der Waals surface area contributed by atoms with Crippen LogP contribution in [0.4, 0.5) is 0 Å². The summed E-state index contributed by atoms with van der Waals surface area (Å²) < 4.78 is 44.5. The Morgan fingerprint density at radius 2 is 0.800 bits per heavy atom. The predicted octanol–water partition coefficient (Wildman–Crippen LogP) is 2.25. The van der Waals surface area contributed by atoms with Crippen LogP contribution in [0.3, 0.4) is 0 Å². The number of aliphatic hydroxyl groups excluding tert-OH is 2. The quantitative estimate of drug-likeness (QED) is 0.0545. The lowest BCUT2D eigenvalue weighted by Crippen LogP contribution is -2.32. The van der Waals surface area contributed by atoms with Crippen LogP contribution in [0.5, 0.6) is 11.5 Å². The van der Waals surface area contributed by atoms with Crippen LogP contribution in [-0.2, 0) is 33.8 Å². The van der Waals surface area contributed by atoms with Crippen molar-refractivity contribution in [1.82, 2.24) is 10.6 Å². The standard InChI is InChI=1S/C41H72N4O10/c1-41(2,35-7-11-39(12-8-35)54-33-37(46)31-44-17-5-21-50-25-29-52-27-23-48-19-3-15-42)36-9-13-40(14-10-36)55-34-38(47)32-45-18-6-22-51-26-30-53-28-24-49-20-4-16-43/h7-14,37-38,44-47H,3-6,15-34,42-43H2,1-2H3. The minimum absolute atomic E-state index is 0.200. The predicted molar refractivity (Wildman–Crippen MR) is 215 cm³/mol. The van der Waals surface area contributed by atoms with Crippen molar-refractivity contribution < 1.29 is 48.1 Å². The Labute approximate surface area is 329 Å². The lowest BCUT2D eigenvalue weighted by molar-refractivity contribution is 0.0139. The highest BCUT2D eigenvalue weighted by Gasteiger charge is 2.23. The minimum Gasteiger partial charge on any atom is -0.491 e. The second-order valence-electron chi connectivity index (χ2n) is 13.7. The smallest absolute Gasteiger partial charge is 0.119 e. The van der Waals surface area contributed by atoms with Crippen molar-refractivity contribution in [3.63, 3.8) is 0 Å².